The lowest BCUT2D eigenvalue weighted by Gasteiger charge is -2.07. The lowest BCUT2D eigenvalue weighted by molar-refractivity contribution is 0.671. The van der Waals surface area contributed by atoms with Crippen molar-refractivity contribution in [1.29, 1.82) is 0 Å². The van der Waals surface area contributed by atoms with E-state index in [0.717, 1.165) is 5.56 Å². The molecule has 21 heavy (non-hydrogen) atoms. The van der Waals surface area contributed by atoms with Gasteiger partial charge in [0.1, 0.15) is 5.69 Å². The average molecular weight is 322 g/mol. The van der Waals surface area contributed by atoms with Crippen LogP contribution < -0.4 is 5.56 Å². The van der Waals surface area contributed by atoms with Gasteiger partial charge in [0.2, 0.25) is 4.77 Å². The molecule has 108 valence electrons. The van der Waals surface area contributed by atoms with Gasteiger partial charge in [-0.25, -0.2) is 5.10 Å². The molecule has 0 saturated carbocycles. The lowest BCUT2D eigenvalue weighted by atomic mass is 10.1. The van der Waals surface area contributed by atoms with Crippen molar-refractivity contribution in [3.8, 4) is 0 Å². The van der Waals surface area contributed by atoms with Gasteiger partial charge >= 0.3 is 0 Å². The van der Waals surface area contributed by atoms with Gasteiger partial charge < -0.3 is 0 Å². The zero-order chi connectivity index (χ0) is 15.0. The highest BCUT2D eigenvalue weighted by atomic mass is 35.5. The third-order valence-electron chi connectivity index (χ3n) is 3.22. The molecule has 0 amide bonds. The van der Waals surface area contributed by atoms with Crippen molar-refractivity contribution in [2.24, 2.45) is 0 Å². The number of nitrogens with zero attached hydrogens (tertiary/aromatic N) is 4. The van der Waals surface area contributed by atoms with Crippen molar-refractivity contribution in [3.05, 3.63) is 55.7 Å². The van der Waals surface area contributed by atoms with E-state index < -0.39 is 0 Å². The fraction of sp³-hybridized carbons (Fsp3) is 0.231. The molecule has 0 aliphatic heterocycles. The second-order valence-corrected chi connectivity index (χ2v) is 5.30. The standard InChI is InChI=1S/C13H12ClN5OS/c1-2-18-11(20)10(7-8-5-3-4-6-9(8)14)17-19-12(18)15-16-13(19)21/h3-6H,2,7H2,1H3,(H,16,21). The van der Waals surface area contributed by atoms with E-state index in [1.165, 1.54) is 9.08 Å². The molecule has 0 unspecified atom stereocenters. The number of halogens is 1. The third kappa shape index (κ3) is 2.38. The maximum absolute atomic E-state index is 12.5. The topological polar surface area (TPSA) is 68.0 Å². The first kappa shape index (κ1) is 14.0. The van der Waals surface area contributed by atoms with Crippen LogP contribution in [0.5, 0.6) is 0 Å². The third-order valence-corrected chi connectivity index (χ3v) is 3.85. The van der Waals surface area contributed by atoms with E-state index in [9.17, 15) is 4.79 Å². The van der Waals surface area contributed by atoms with Crippen molar-refractivity contribution < 1.29 is 0 Å². The molecule has 0 radical (unpaired) electrons. The number of fused-ring (bicyclic) bond motifs is 1. The molecule has 3 aromatic rings. The molecule has 0 aliphatic rings. The van der Waals surface area contributed by atoms with Crippen LogP contribution in [0.25, 0.3) is 5.78 Å². The summed E-state index contributed by atoms with van der Waals surface area (Å²) in [6, 6.07) is 7.39. The van der Waals surface area contributed by atoms with Gasteiger partial charge in [0.05, 0.1) is 0 Å². The number of benzene rings is 1. The molecule has 2 aromatic heterocycles. The first-order chi connectivity index (χ1) is 10.1. The van der Waals surface area contributed by atoms with Gasteiger partial charge in [-0.1, -0.05) is 29.8 Å². The minimum atomic E-state index is -0.182. The highest BCUT2D eigenvalue weighted by Crippen LogP contribution is 2.17. The fourth-order valence-electron chi connectivity index (χ4n) is 2.18. The predicted octanol–water partition coefficient (Wildman–Crippen LogP) is 2.21. The summed E-state index contributed by atoms with van der Waals surface area (Å²) < 4.78 is 3.35. The van der Waals surface area contributed by atoms with Crippen LogP contribution in [0.4, 0.5) is 0 Å². The lowest BCUT2D eigenvalue weighted by Crippen LogP contribution is -2.28. The minimum Gasteiger partial charge on any atom is -0.274 e. The molecule has 3 rings (SSSR count). The Kier molecular flexibility index (Phi) is 3.60. The summed E-state index contributed by atoms with van der Waals surface area (Å²) in [5.74, 6) is 0.412. The second-order valence-electron chi connectivity index (χ2n) is 4.50. The van der Waals surface area contributed by atoms with E-state index in [0.29, 0.717) is 34.2 Å². The molecule has 0 saturated heterocycles. The first-order valence-electron chi connectivity index (χ1n) is 6.42. The van der Waals surface area contributed by atoms with Crippen molar-refractivity contribution in [2.75, 3.05) is 0 Å². The minimum absolute atomic E-state index is 0.182. The highest BCUT2D eigenvalue weighted by Gasteiger charge is 2.14. The van der Waals surface area contributed by atoms with Crippen LogP contribution in [-0.4, -0.2) is 24.4 Å². The number of hydrogen-bond donors (Lipinski definition) is 1. The molecule has 0 atom stereocenters. The van der Waals surface area contributed by atoms with Gasteiger partial charge in [-0.2, -0.15) is 9.61 Å². The molecule has 0 fully saturated rings. The van der Waals surface area contributed by atoms with E-state index in [2.05, 4.69) is 15.3 Å². The Morgan fingerprint density at radius 2 is 2.14 bits per heavy atom. The van der Waals surface area contributed by atoms with Crippen LogP contribution in [0, 0.1) is 4.77 Å². The van der Waals surface area contributed by atoms with E-state index in [4.69, 9.17) is 23.8 Å². The largest absolute Gasteiger partial charge is 0.277 e. The fourth-order valence-corrected chi connectivity index (χ4v) is 2.55. The van der Waals surface area contributed by atoms with Gasteiger partial charge in [0.25, 0.3) is 11.3 Å². The molecule has 0 spiro atoms. The number of nitrogens with one attached hydrogen (secondary N) is 1. The van der Waals surface area contributed by atoms with Crippen LogP contribution in [0.15, 0.2) is 29.1 Å². The molecular weight excluding hydrogens is 310 g/mol. The Morgan fingerprint density at radius 1 is 1.38 bits per heavy atom. The number of aromatic amines is 1. The summed E-state index contributed by atoms with van der Waals surface area (Å²) in [4.78, 5) is 12.5. The molecule has 6 nitrogen and oxygen atoms in total. The maximum Gasteiger partial charge on any atom is 0.277 e. The zero-order valence-corrected chi connectivity index (χ0v) is 12.8. The van der Waals surface area contributed by atoms with Crippen molar-refractivity contribution >= 4 is 29.6 Å². The SMILES string of the molecule is CCn1c(=O)c(Cc2ccccc2Cl)nn2c(=S)[nH]nc12. The highest BCUT2D eigenvalue weighted by molar-refractivity contribution is 7.71. The molecule has 0 aliphatic carbocycles. The second kappa shape index (κ2) is 5.42. The Morgan fingerprint density at radius 3 is 2.86 bits per heavy atom. The van der Waals surface area contributed by atoms with Crippen molar-refractivity contribution in [2.45, 2.75) is 19.9 Å². The quantitative estimate of drug-likeness (QED) is 0.751. The predicted molar refractivity (Wildman–Crippen MR) is 82.4 cm³/mol. The average Bonchev–Trinajstić information content (AvgIpc) is 2.83. The van der Waals surface area contributed by atoms with Crippen LogP contribution >= 0.6 is 23.8 Å². The van der Waals surface area contributed by atoms with E-state index >= 15 is 0 Å². The molecule has 2 heterocycles. The van der Waals surface area contributed by atoms with E-state index in [1.54, 1.807) is 6.07 Å². The summed E-state index contributed by atoms with van der Waals surface area (Å²) in [6.45, 7) is 2.36. The van der Waals surface area contributed by atoms with Crippen LogP contribution in [-0.2, 0) is 13.0 Å². The van der Waals surface area contributed by atoms with E-state index in [1.807, 2.05) is 25.1 Å². The Labute approximate surface area is 130 Å². The summed E-state index contributed by atoms with van der Waals surface area (Å²) >= 11 is 11.3. The molecule has 1 N–H and O–H groups in total. The molecular formula is C13H12ClN5OS. The summed E-state index contributed by atoms with van der Waals surface area (Å²) in [5, 5.41) is 11.6. The monoisotopic (exact) mass is 321 g/mol. The van der Waals surface area contributed by atoms with Crippen molar-refractivity contribution in [3.63, 3.8) is 0 Å². The molecule has 1 aromatic carbocycles. The summed E-state index contributed by atoms with van der Waals surface area (Å²) in [7, 11) is 0. The van der Waals surface area contributed by atoms with Gasteiger partial charge in [0, 0.05) is 18.0 Å². The smallest absolute Gasteiger partial charge is 0.274 e. The van der Waals surface area contributed by atoms with Crippen molar-refractivity contribution in [1.82, 2.24) is 24.4 Å². The Bertz CT molecular complexity index is 926. The summed E-state index contributed by atoms with van der Waals surface area (Å²) in [5.41, 5.74) is 1.05. The summed E-state index contributed by atoms with van der Waals surface area (Å²) in [6.07, 6.45) is 0.349. The number of aryl methyl sites for hydroxylation is 1. The van der Waals surface area contributed by atoms with Crippen LogP contribution in [0.1, 0.15) is 18.2 Å². The van der Waals surface area contributed by atoms with Gasteiger partial charge in [0.15, 0.2) is 0 Å². The molecule has 0 bridgehead atoms. The number of aromatic nitrogens is 5. The Hall–Kier alpha value is -1.99. The van der Waals surface area contributed by atoms with E-state index in [-0.39, 0.29) is 5.56 Å². The number of hydrogen-bond acceptors (Lipinski definition) is 4. The van der Waals surface area contributed by atoms with Crippen LogP contribution in [0.3, 0.4) is 0 Å². The van der Waals surface area contributed by atoms with Gasteiger partial charge in [-0.15, -0.1) is 5.10 Å². The first-order valence-corrected chi connectivity index (χ1v) is 7.21. The van der Waals surface area contributed by atoms with Crippen LogP contribution in [0.2, 0.25) is 5.02 Å². The number of H-pyrrole nitrogens is 1. The molecule has 8 heteroatoms. The van der Waals surface area contributed by atoms with Gasteiger partial charge in [-0.3, -0.25) is 9.36 Å². The number of rotatable bonds is 3. The van der Waals surface area contributed by atoms with Gasteiger partial charge in [-0.05, 0) is 30.8 Å². The maximum atomic E-state index is 12.5. The normalized spacial score (nSPS) is 11.1. The zero-order valence-electron chi connectivity index (χ0n) is 11.2. The Balaban J connectivity index is 2.21.